The predicted octanol–water partition coefficient (Wildman–Crippen LogP) is 2.90. The van der Waals surface area contributed by atoms with Crippen molar-refractivity contribution in [3.05, 3.63) is 71.5 Å². The van der Waals surface area contributed by atoms with Gasteiger partial charge in [-0.25, -0.2) is 17.6 Å². The van der Waals surface area contributed by atoms with Crippen LogP contribution in [0.4, 0.5) is 9.18 Å². The maximum atomic E-state index is 13.7. The average molecular weight is 376 g/mol. The van der Waals surface area contributed by atoms with Crippen molar-refractivity contribution in [2.24, 2.45) is 0 Å². The predicted molar refractivity (Wildman–Crippen MR) is 97.8 cm³/mol. The number of carbonyl (C=O) groups is 1. The first kappa shape index (κ1) is 18.4. The lowest BCUT2D eigenvalue weighted by atomic mass is 10.1. The number of hydrogen-bond donors (Lipinski definition) is 1. The SMILES string of the molecule is O=C(NCc1ccccc1F)N1CCCS(=O)(=O)CC1c1ccccc1. The Balaban J connectivity index is 1.80. The molecule has 0 spiro atoms. The summed E-state index contributed by atoms with van der Waals surface area (Å²) in [5.74, 6) is -0.428. The van der Waals surface area contributed by atoms with Crippen LogP contribution in [-0.2, 0) is 16.4 Å². The fourth-order valence-corrected chi connectivity index (χ4v) is 4.72. The van der Waals surface area contributed by atoms with Crippen LogP contribution in [0.25, 0.3) is 0 Å². The molecule has 1 heterocycles. The highest BCUT2D eigenvalue weighted by atomic mass is 32.2. The normalized spacial score (nSPS) is 19.6. The number of nitrogens with zero attached hydrogens (tertiary/aromatic N) is 1. The molecular formula is C19H21FN2O3S. The van der Waals surface area contributed by atoms with Gasteiger partial charge >= 0.3 is 6.03 Å². The third kappa shape index (κ3) is 4.40. The lowest BCUT2D eigenvalue weighted by Crippen LogP contribution is -2.43. The number of urea groups is 1. The van der Waals surface area contributed by atoms with Crippen molar-refractivity contribution in [1.29, 1.82) is 0 Å². The topological polar surface area (TPSA) is 66.5 Å². The Morgan fingerprint density at radius 1 is 1.12 bits per heavy atom. The molecule has 0 saturated carbocycles. The van der Waals surface area contributed by atoms with E-state index in [1.165, 1.54) is 6.07 Å². The van der Waals surface area contributed by atoms with E-state index in [0.29, 0.717) is 18.5 Å². The molecule has 26 heavy (non-hydrogen) atoms. The van der Waals surface area contributed by atoms with Gasteiger partial charge in [0.25, 0.3) is 0 Å². The van der Waals surface area contributed by atoms with Crippen LogP contribution in [0, 0.1) is 5.82 Å². The first-order chi connectivity index (χ1) is 12.5. The molecule has 1 saturated heterocycles. The fourth-order valence-electron chi connectivity index (χ4n) is 3.13. The molecule has 1 fully saturated rings. The number of nitrogens with one attached hydrogen (secondary N) is 1. The number of hydrogen-bond acceptors (Lipinski definition) is 3. The average Bonchev–Trinajstić information content (AvgIpc) is 2.79. The fraction of sp³-hybridized carbons (Fsp3) is 0.316. The van der Waals surface area contributed by atoms with E-state index in [1.54, 1.807) is 23.1 Å². The molecule has 0 bridgehead atoms. The Kier molecular flexibility index (Phi) is 5.56. The Morgan fingerprint density at radius 2 is 1.81 bits per heavy atom. The maximum Gasteiger partial charge on any atom is 0.318 e. The minimum Gasteiger partial charge on any atom is -0.334 e. The van der Waals surface area contributed by atoms with Gasteiger partial charge in [-0.05, 0) is 18.1 Å². The van der Waals surface area contributed by atoms with E-state index >= 15 is 0 Å². The molecule has 1 aliphatic heterocycles. The molecule has 1 N–H and O–H groups in total. The Labute approximate surface area is 152 Å². The van der Waals surface area contributed by atoms with Crippen LogP contribution >= 0.6 is 0 Å². The summed E-state index contributed by atoms with van der Waals surface area (Å²) in [5.41, 5.74) is 1.17. The number of rotatable bonds is 3. The molecule has 2 aromatic rings. The summed E-state index contributed by atoms with van der Waals surface area (Å²) in [6.45, 7) is 0.387. The second-order valence-corrected chi connectivity index (χ2v) is 8.57. The standard InChI is InChI=1S/C19H21FN2O3S/c20-17-10-5-4-9-16(17)13-21-19(23)22-11-6-12-26(24,25)14-18(22)15-7-2-1-3-8-15/h1-5,7-10,18H,6,11-14H2,(H,21,23). The van der Waals surface area contributed by atoms with E-state index in [9.17, 15) is 17.6 Å². The molecule has 1 unspecified atom stereocenters. The number of amides is 2. The molecular weight excluding hydrogens is 355 g/mol. The number of carbonyl (C=O) groups excluding carboxylic acids is 1. The van der Waals surface area contributed by atoms with Crippen LogP contribution < -0.4 is 5.32 Å². The van der Waals surface area contributed by atoms with E-state index in [0.717, 1.165) is 5.56 Å². The number of sulfone groups is 1. The first-order valence-electron chi connectivity index (χ1n) is 8.49. The van der Waals surface area contributed by atoms with Crippen molar-refractivity contribution >= 4 is 15.9 Å². The highest BCUT2D eigenvalue weighted by molar-refractivity contribution is 7.91. The van der Waals surface area contributed by atoms with Crippen molar-refractivity contribution in [3.8, 4) is 0 Å². The van der Waals surface area contributed by atoms with Crippen molar-refractivity contribution in [3.63, 3.8) is 0 Å². The molecule has 3 rings (SSSR count). The maximum absolute atomic E-state index is 13.7. The molecule has 2 aromatic carbocycles. The van der Waals surface area contributed by atoms with Crippen LogP contribution in [0.15, 0.2) is 54.6 Å². The summed E-state index contributed by atoms with van der Waals surface area (Å²) in [5, 5.41) is 2.72. The summed E-state index contributed by atoms with van der Waals surface area (Å²) in [6, 6.07) is 14.4. The van der Waals surface area contributed by atoms with Crippen LogP contribution in [0.3, 0.4) is 0 Å². The van der Waals surface area contributed by atoms with Crippen LogP contribution in [0.5, 0.6) is 0 Å². The Hall–Kier alpha value is -2.41. The van der Waals surface area contributed by atoms with Gasteiger partial charge in [0.2, 0.25) is 0 Å². The van der Waals surface area contributed by atoms with E-state index in [4.69, 9.17) is 0 Å². The highest BCUT2D eigenvalue weighted by Crippen LogP contribution is 2.26. The van der Waals surface area contributed by atoms with Gasteiger partial charge in [0, 0.05) is 18.7 Å². The smallest absolute Gasteiger partial charge is 0.318 e. The quantitative estimate of drug-likeness (QED) is 0.896. The lowest BCUT2D eigenvalue weighted by molar-refractivity contribution is 0.181. The molecule has 1 atom stereocenters. The minimum atomic E-state index is -3.24. The van der Waals surface area contributed by atoms with Gasteiger partial charge in [-0.3, -0.25) is 0 Å². The number of halogens is 1. The zero-order chi connectivity index (χ0) is 18.6. The summed E-state index contributed by atoms with van der Waals surface area (Å²) in [4.78, 5) is 14.3. The van der Waals surface area contributed by atoms with Gasteiger partial charge in [-0.15, -0.1) is 0 Å². The van der Waals surface area contributed by atoms with E-state index in [2.05, 4.69) is 5.32 Å². The highest BCUT2D eigenvalue weighted by Gasteiger charge is 2.32. The third-order valence-electron chi connectivity index (χ3n) is 4.48. The molecule has 1 aliphatic rings. The van der Waals surface area contributed by atoms with Gasteiger partial charge in [-0.1, -0.05) is 48.5 Å². The first-order valence-corrected chi connectivity index (χ1v) is 10.3. The molecule has 138 valence electrons. The summed E-state index contributed by atoms with van der Waals surface area (Å²) in [7, 11) is -3.24. The molecule has 5 nitrogen and oxygen atoms in total. The van der Waals surface area contributed by atoms with Gasteiger partial charge in [0.15, 0.2) is 9.84 Å². The van der Waals surface area contributed by atoms with Gasteiger partial charge in [0.05, 0.1) is 17.5 Å². The van der Waals surface area contributed by atoms with E-state index < -0.39 is 15.9 Å². The zero-order valence-corrected chi connectivity index (χ0v) is 15.1. The molecule has 7 heteroatoms. The minimum absolute atomic E-state index is 0.0519. The molecule has 0 aliphatic carbocycles. The second-order valence-electron chi connectivity index (χ2n) is 6.34. The number of benzene rings is 2. The Bertz CT molecular complexity index is 871. The molecule has 0 aromatic heterocycles. The second kappa shape index (κ2) is 7.86. The van der Waals surface area contributed by atoms with Gasteiger partial charge < -0.3 is 10.2 Å². The van der Waals surface area contributed by atoms with Crippen molar-refractivity contribution in [1.82, 2.24) is 10.2 Å². The lowest BCUT2D eigenvalue weighted by Gasteiger charge is -2.30. The van der Waals surface area contributed by atoms with Gasteiger partial charge in [-0.2, -0.15) is 0 Å². The van der Waals surface area contributed by atoms with Crippen molar-refractivity contribution in [2.75, 3.05) is 18.1 Å². The Morgan fingerprint density at radius 3 is 2.54 bits per heavy atom. The van der Waals surface area contributed by atoms with E-state index in [-0.39, 0.29) is 29.9 Å². The van der Waals surface area contributed by atoms with Gasteiger partial charge in [0.1, 0.15) is 5.82 Å². The summed E-state index contributed by atoms with van der Waals surface area (Å²) in [6.07, 6.45) is 0.388. The van der Waals surface area contributed by atoms with Crippen LogP contribution in [-0.4, -0.2) is 37.4 Å². The van der Waals surface area contributed by atoms with Crippen LogP contribution in [0.1, 0.15) is 23.6 Å². The third-order valence-corrected chi connectivity index (χ3v) is 6.21. The van der Waals surface area contributed by atoms with E-state index in [1.807, 2.05) is 30.3 Å². The monoisotopic (exact) mass is 376 g/mol. The molecule has 2 amide bonds. The zero-order valence-electron chi connectivity index (χ0n) is 14.3. The van der Waals surface area contributed by atoms with Crippen molar-refractivity contribution < 1.29 is 17.6 Å². The van der Waals surface area contributed by atoms with Crippen LogP contribution in [0.2, 0.25) is 0 Å². The largest absolute Gasteiger partial charge is 0.334 e. The molecule has 0 radical (unpaired) electrons. The summed E-state index contributed by atoms with van der Waals surface area (Å²) >= 11 is 0. The summed E-state index contributed by atoms with van der Waals surface area (Å²) < 4.78 is 38.2. The van der Waals surface area contributed by atoms with Crippen molar-refractivity contribution in [2.45, 2.75) is 19.0 Å².